The number of aliphatic hydroxyl groups excluding tert-OH is 1. The van der Waals surface area contributed by atoms with Crippen molar-refractivity contribution < 1.29 is 43.6 Å². The number of thiophene rings is 1. The largest absolute Gasteiger partial charge is 0.479 e. The Bertz CT molecular complexity index is 1620. The predicted molar refractivity (Wildman–Crippen MR) is 146 cm³/mol. The van der Waals surface area contributed by atoms with Crippen LogP contribution in [0.5, 0.6) is 0 Å². The minimum absolute atomic E-state index is 0.0226. The minimum Gasteiger partial charge on any atom is -0.479 e. The summed E-state index contributed by atoms with van der Waals surface area (Å²) in [5, 5.41) is 34.5. The number of fused-ring (bicyclic) bond motifs is 1. The summed E-state index contributed by atoms with van der Waals surface area (Å²) >= 11 is 7.11. The molecule has 0 spiro atoms. The van der Waals surface area contributed by atoms with E-state index in [0.29, 0.717) is 10.6 Å². The van der Waals surface area contributed by atoms with Gasteiger partial charge in [0.1, 0.15) is 17.7 Å². The number of nitrogens with two attached hydrogens (primary N) is 1. The number of ether oxygens (including phenoxy) is 2. The van der Waals surface area contributed by atoms with E-state index >= 15 is 4.39 Å². The van der Waals surface area contributed by atoms with E-state index < -0.39 is 55.2 Å². The molecule has 1 fully saturated rings. The maximum Gasteiger partial charge on any atom is 0.348 e. The molecule has 4 heterocycles. The Balaban J connectivity index is 1.31. The summed E-state index contributed by atoms with van der Waals surface area (Å²) in [5.74, 6) is -4.06. The van der Waals surface area contributed by atoms with Gasteiger partial charge >= 0.3 is 11.9 Å². The fourth-order valence-corrected chi connectivity index (χ4v) is 5.19. The number of rotatable bonds is 10. The first-order valence-corrected chi connectivity index (χ1v) is 13.4. The number of imidazole rings is 1. The van der Waals surface area contributed by atoms with Gasteiger partial charge in [0, 0.05) is 12.1 Å². The summed E-state index contributed by atoms with van der Waals surface area (Å²) in [6.45, 7) is -0.795. The molecule has 3 aromatic heterocycles. The van der Waals surface area contributed by atoms with Gasteiger partial charge in [0.15, 0.2) is 23.9 Å². The lowest BCUT2D eigenvalue weighted by Crippen LogP contribution is -2.52. The highest BCUT2D eigenvalue weighted by molar-refractivity contribution is 7.12. The SMILES string of the molecule is Nc1nc(Cl)nc2c1ncn2[C@@H]1O[C@H](COC(Cc2ccc(NC(=O)c3cccs3)cc2)(C(=O)O)C(=O)O)[C@@H](O)[C@@H]1F. The lowest BCUT2D eigenvalue weighted by Gasteiger charge is -2.27. The molecule has 6 N–H and O–H groups in total. The monoisotopic (exact) mass is 620 g/mol. The molecule has 0 unspecified atom stereocenters. The number of carbonyl (C=O) groups is 3. The van der Waals surface area contributed by atoms with E-state index in [4.69, 9.17) is 26.8 Å². The van der Waals surface area contributed by atoms with E-state index in [1.54, 1.807) is 17.5 Å². The Morgan fingerprint density at radius 3 is 2.55 bits per heavy atom. The van der Waals surface area contributed by atoms with E-state index in [2.05, 4.69) is 20.3 Å². The molecular formula is C25H22ClFN6O8S. The number of hydrogen-bond donors (Lipinski definition) is 5. The highest BCUT2D eigenvalue weighted by Gasteiger charge is 2.52. The molecule has 1 aliphatic heterocycles. The van der Waals surface area contributed by atoms with Gasteiger partial charge in [0.25, 0.3) is 11.5 Å². The maximum atomic E-state index is 15.2. The number of aromatic nitrogens is 4. The van der Waals surface area contributed by atoms with E-state index in [-0.39, 0.29) is 33.7 Å². The zero-order chi connectivity index (χ0) is 30.2. The maximum absolute atomic E-state index is 15.2. The normalized spacial score (nSPS) is 20.5. The lowest BCUT2D eigenvalue weighted by atomic mass is 9.94. The number of aliphatic hydroxyl groups is 1. The highest BCUT2D eigenvalue weighted by atomic mass is 35.5. The van der Waals surface area contributed by atoms with Gasteiger partial charge in [-0.05, 0) is 40.7 Å². The van der Waals surface area contributed by atoms with Gasteiger partial charge < -0.3 is 35.8 Å². The van der Waals surface area contributed by atoms with Crippen LogP contribution in [0.15, 0.2) is 48.1 Å². The van der Waals surface area contributed by atoms with Crippen LogP contribution in [-0.2, 0) is 25.5 Å². The summed E-state index contributed by atoms with van der Waals surface area (Å²) in [4.78, 5) is 49.0. The third-order valence-corrected chi connectivity index (χ3v) is 7.62. The summed E-state index contributed by atoms with van der Waals surface area (Å²) in [5.41, 5.74) is 3.75. The highest BCUT2D eigenvalue weighted by Crippen LogP contribution is 2.35. The molecule has 4 atom stereocenters. The van der Waals surface area contributed by atoms with Gasteiger partial charge in [0.05, 0.1) is 17.8 Å². The van der Waals surface area contributed by atoms with Crippen LogP contribution >= 0.6 is 22.9 Å². The third kappa shape index (κ3) is 5.49. The first-order valence-electron chi connectivity index (χ1n) is 12.2. The molecule has 220 valence electrons. The van der Waals surface area contributed by atoms with Crippen molar-refractivity contribution in [1.82, 2.24) is 19.5 Å². The third-order valence-electron chi connectivity index (χ3n) is 6.58. The number of nitrogen functional groups attached to an aromatic ring is 1. The number of carbonyl (C=O) groups excluding carboxylic acids is 1. The Kier molecular flexibility index (Phi) is 8.07. The first-order chi connectivity index (χ1) is 20.0. The molecule has 14 nitrogen and oxygen atoms in total. The summed E-state index contributed by atoms with van der Waals surface area (Å²) in [7, 11) is 0. The smallest absolute Gasteiger partial charge is 0.348 e. The zero-order valence-electron chi connectivity index (χ0n) is 21.3. The van der Waals surface area contributed by atoms with Crippen LogP contribution < -0.4 is 11.1 Å². The molecule has 0 aliphatic carbocycles. The van der Waals surface area contributed by atoms with Crippen LogP contribution in [0.3, 0.4) is 0 Å². The predicted octanol–water partition coefficient (Wildman–Crippen LogP) is 2.14. The molecule has 42 heavy (non-hydrogen) atoms. The molecule has 17 heteroatoms. The van der Waals surface area contributed by atoms with Gasteiger partial charge in [-0.3, -0.25) is 9.36 Å². The Labute approximate surface area is 244 Å². The first kappa shape index (κ1) is 29.3. The molecule has 1 amide bonds. The molecule has 5 rings (SSSR count). The van der Waals surface area contributed by atoms with Crippen molar-refractivity contribution in [1.29, 1.82) is 0 Å². The van der Waals surface area contributed by atoms with Gasteiger partial charge in [-0.15, -0.1) is 11.3 Å². The number of alkyl halides is 1. The van der Waals surface area contributed by atoms with Crippen molar-refractivity contribution >= 4 is 63.5 Å². The summed E-state index contributed by atoms with van der Waals surface area (Å²) in [6.07, 6.45) is -6.33. The van der Waals surface area contributed by atoms with Crippen molar-refractivity contribution in [3.63, 3.8) is 0 Å². The molecular weight excluding hydrogens is 599 g/mol. The van der Waals surface area contributed by atoms with E-state index in [9.17, 15) is 29.7 Å². The van der Waals surface area contributed by atoms with Crippen LogP contribution in [0.2, 0.25) is 5.28 Å². The molecule has 1 aromatic carbocycles. The second-order valence-corrected chi connectivity index (χ2v) is 10.5. The fraction of sp³-hybridized carbons (Fsp3) is 0.280. The zero-order valence-corrected chi connectivity index (χ0v) is 22.8. The van der Waals surface area contributed by atoms with Crippen molar-refractivity contribution in [2.45, 2.75) is 36.6 Å². The number of nitrogens with one attached hydrogen (secondary N) is 1. The van der Waals surface area contributed by atoms with Crippen molar-refractivity contribution in [2.24, 2.45) is 0 Å². The molecule has 0 bridgehead atoms. The Hall–Kier alpha value is -4.22. The second-order valence-electron chi connectivity index (χ2n) is 9.26. The average Bonchev–Trinajstić information content (AvgIpc) is 3.68. The van der Waals surface area contributed by atoms with Crippen LogP contribution in [0.4, 0.5) is 15.9 Å². The quantitative estimate of drug-likeness (QED) is 0.127. The number of amides is 1. The number of anilines is 2. The van der Waals surface area contributed by atoms with Crippen molar-refractivity contribution in [2.75, 3.05) is 17.7 Å². The van der Waals surface area contributed by atoms with Crippen molar-refractivity contribution in [3.8, 4) is 0 Å². The number of nitrogens with zero attached hydrogens (tertiary/aromatic N) is 4. The molecule has 4 aromatic rings. The van der Waals surface area contributed by atoms with Gasteiger partial charge in [0.2, 0.25) is 5.28 Å². The number of carboxylic acids is 2. The number of benzene rings is 1. The number of hydrogen-bond acceptors (Lipinski definition) is 11. The van der Waals surface area contributed by atoms with Crippen LogP contribution in [-0.4, -0.2) is 83.3 Å². The number of aliphatic carboxylic acids is 2. The number of carboxylic acid groups (broad SMARTS) is 2. The van der Waals surface area contributed by atoms with Gasteiger partial charge in [-0.2, -0.15) is 9.97 Å². The Morgan fingerprint density at radius 2 is 1.90 bits per heavy atom. The van der Waals surface area contributed by atoms with E-state index in [1.807, 2.05) is 0 Å². The van der Waals surface area contributed by atoms with Gasteiger partial charge in [-0.25, -0.2) is 19.0 Å². The molecule has 0 radical (unpaired) electrons. The Morgan fingerprint density at radius 1 is 1.19 bits per heavy atom. The second kappa shape index (κ2) is 11.6. The van der Waals surface area contributed by atoms with E-state index in [1.165, 1.54) is 35.6 Å². The summed E-state index contributed by atoms with van der Waals surface area (Å²) < 4.78 is 27.3. The van der Waals surface area contributed by atoms with Crippen LogP contribution in [0.25, 0.3) is 11.2 Å². The van der Waals surface area contributed by atoms with Crippen molar-refractivity contribution in [3.05, 3.63) is 63.8 Å². The lowest BCUT2D eigenvalue weighted by molar-refractivity contribution is -0.190. The summed E-state index contributed by atoms with van der Waals surface area (Å²) in [6, 6.07) is 9.21. The molecule has 1 saturated heterocycles. The van der Waals surface area contributed by atoms with E-state index in [0.717, 1.165) is 10.9 Å². The van der Waals surface area contributed by atoms with Crippen LogP contribution in [0, 0.1) is 0 Å². The van der Waals surface area contributed by atoms with Gasteiger partial charge in [-0.1, -0.05) is 18.2 Å². The minimum atomic E-state index is -2.81. The molecule has 1 aliphatic rings. The molecule has 0 saturated carbocycles. The standard InChI is InChI=1S/C25H22ClFN6O8S/c26-24-31-18(28)16-19(32-24)33(10-29-16)21-15(27)17(34)13(41-21)9-40-25(22(36)37,23(38)39)8-11-3-5-12(6-4-11)30-20(35)14-2-1-7-42-14/h1-7,10,13,15,17,21,34H,8-9H2,(H,30,35)(H,36,37)(H,38,39)(H2,28,31,32)/t13-,15+,17-,21-/m1/s1. The van der Waals surface area contributed by atoms with Crippen LogP contribution in [0.1, 0.15) is 21.5 Å². The average molecular weight is 621 g/mol. The number of halogens is 2. The fourth-order valence-electron chi connectivity index (χ4n) is 4.40. The topological polar surface area (TPSA) is 212 Å².